The van der Waals surface area contributed by atoms with Gasteiger partial charge in [-0.15, -0.1) is 11.3 Å². The second-order valence-corrected chi connectivity index (χ2v) is 6.68. The lowest BCUT2D eigenvalue weighted by atomic mass is 9.90. The molecule has 1 amide bonds. The van der Waals surface area contributed by atoms with Gasteiger partial charge in [0.15, 0.2) is 5.76 Å². The molecular weight excluding hydrogens is 314 g/mol. The lowest BCUT2D eigenvalue weighted by Crippen LogP contribution is -2.45. The quantitative estimate of drug-likeness (QED) is 0.933. The standard InChI is InChI=1S/C17H21NO4S/c1-3-21-15-5-4-14(22-15)17(20)18-8-6-12(13(19)10-18)16-11(2)7-9-23-16/h4-5,7,9,12-13,19H,3,6,8,10H2,1-2H3/t12-,13-/m1/s1. The van der Waals surface area contributed by atoms with Crippen LogP contribution in [0.5, 0.6) is 5.95 Å². The monoisotopic (exact) mass is 335 g/mol. The van der Waals surface area contributed by atoms with Crippen LogP contribution in [0, 0.1) is 6.92 Å². The molecule has 1 fully saturated rings. The van der Waals surface area contributed by atoms with E-state index in [1.807, 2.05) is 12.3 Å². The summed E-state index contributed by atoms with van der Waals surface area (Å²) in [5, 5.41) is 12.5. The molecule has 124 valence electrons. The van der Waals surface area contributed by atoms with Crippen molar-refractivity contribution in [3.63, 3.8) is 0 Å². The number of aryl methyl sites for hydroxylation is 1. The number of nitrogens with zero attached hydrogens (tertiary/aromatic N) is 1. The molecule has 2 atom stereocenters. The number of aliphatic hydroxyl groups excluding tert-OH is 1. The van der Waals surface area contributed by atoms with Gasteiger partial charge in [-0.05, 0) is 43.3 Å². The Bertz CT molecular complexity index is 678. The van der Waals surface area contributed by atoms with Crippen LogP contribution in [0.15, 0.2) is 28.0 Å². The molecular formula is C17H21NO4S. The van der Waals surface area contributed by atoms with Crippen LogP contribution in [-0.4, -0.2) is 41.7 Å². The number of ether oxygens (including phenoxy) is 1. The largest absolute Gasteiger partial charge is 0.465 e. The van der Waals surface area contributed by atoms with E-state index in [0.717, 1.165) is 6.42 Å². The van der Waals surface area contributed by atoms with Gasteiger partial charge in [0.25, 0.3) is 11.9 Å². The smallest absolute Gasteiger partial charge is 0.289 e. The molecule has 6 heteroatoms. The van der Waals surface area contributed by atoms with Gasteiger partial charge in [-0.25, -0.2) is 0 Å². The molecule has 1 saturated heterocycles. The molecule has 1 aliphatic heterocycles. The number of likely N-dealkylation sites (tertiary alicyclic amines) is 1. The third-order valence-electron chi connectivity index (χ3n) is 4.19. The molecule has 1 aliphatic rings. The Morgan fingerprint density at radius 2 is 2.30 bits per heavy atom. The molecule has 3 heterocycles. The van der Waals surface area contributed by atoms with Gasteiger partial charge in [0.2, 0.25) is 0 Å². The van der Waals surface area contributed by atoms with Crippen LogP contribution in [0.1, 0.15) is 40.3 Å². The molecule has 0 aliphatic carbocycles. The second-order valence-electron chi connectivity index (χ2n) is 5.73. The van der Waals surface area contributed by atoms with E-state index < -0.39 is 6.10 Å². The minimum Gasteiger partial charge on any atom is -0.465 e. The minimum absolute atomic E-state index is 0.106. The third-order valence-corrected chi connectivity index (χ3v) is 5.34. The Hall–Kier alpha value is -1.79. The summed E-state index contributed by atoms with van der Waals surface area (Å²) in [4.78, 5) is 15.4. The Morgan fingerprint density at radius 3 is 2.96 bits per heavy atom. The van der Waals surface area contributed by atoms with E-state index in [9.17, 15) is 9.90 Å². The van der Waals surface area contributed by atoms with Gasteiger partial charge in [-0.3, -0.25) is 4.79 Å². The van der Waals surface area contributed by atoms with Crippen molar-refractivity contribution >= 4 is 17.2 Å². The fourth-order valence-corrected chi connectivity index (χ4v) is 4.12. The zero-order valence-electron chi connectivity index (χ0n) is 13.3. The van der Waals surface area contributed by atoms with Crippen LogP contribution in [0.3, 0.4) is 0 Å². The first-order valence-electron chi connectivity index (χ1n) is 7.84. The number of carbonyl (C=O) groups is 1. The average Bonchev–Trinajstić information content (AvgIpc) is 3.16. The average molecular weight is 335 g/mol. The highest BCUT2D eigenvalue weighted by atomic mass is 32.1. The SMILES string of the molecule is CCOc1ccc(C(=O)N2CC[C@@H](c3sccc3C)[C@H](O)C2)o1. The van der Waals surface area contributed by atoms with Crippen LogP contribution >= 0.6 is 11.3 Å². The molecule has 1 N–H and O–H groups in total. The highest BCUT2D eigenvalue weighted by molar-refractivity contribution is 7.10. The molecule has 5 nitrogen and oxygen atoms in total. The molecule has 0 radical (unpaired) electrons. The lowest BCUT2D eigenvalue weighted by Gasteiger charge is -2.35. The molecule has 0 unspecified atom stereocenters. The predicted molar refractivity (Wildman–Crippen MR) is 88.2 cm³/mol. The van der Waals surface area contributed by atoms with E-state index in [2.05, 4.69) is 13.0 Å². The van der Waals surface area contributed by atoms with Gasteiger partial charge in [0, 0.05) is 30.0 Å². The van der Waals surface area contributed by atoms with Crippen molar-refractivity contribution in [3.8, 4) is 5.95 Å². The Kier molecular flexibility index (Phi) is 4.73. The number of rotatable bonds is 4. The molecule has 0 aromatic carbocycles. The van der Waals surface area contributed by atoms with Crippen LogP contribution in [0.25, 0.3) is 0 Å². The van der Waals surface area contributed by atoms with Crippen LogP contribution in [0.4, 0.5) is 0 Å². The van der Waals surface area contributed by atoms with Crippen molar-refractivity contribution in [2.45, 2.75) is 32.3 Å². The first-order chi connectivity index (χ1) is 11.1. The zero-order chi connectivity index (χ0) is 16.4. The molecule has 23 heavy (non-hydrogen) atoms. The predicted octanol–water partition coefficient (Wildman–Crippen LogP) is 3.04. The molecule has 2 aromatic heterocycles. The molecule has 0 saturated carbocycles. The van der Waals surface area contributed by atoms with E-state index in [1.54, 1.807) is 28.4 Å². The summed E-state index contributed by atoms with van der Waals surface area (Å²) in [6.07, 6.45) is 0.208. The Balaban J connectivity index is 1.67. The summed E-state index contributed by atoms with van der Waals surface area (Å²) in [5.41, 5.74) is 1.21. The van der Waals surface area contributed by atoms with Crippen LogP contribution < -0.4 is 4.74 Å². The number of hydrogen-bond acceptors (Lipinski definition) is 5. The number of furan rings is 1. The molecule has 2 aromatic rings. The highest BCUT2D eigenvalue weighted by Crippen LogP contribution is 2.34. The fourth-order valence-electron chi connectivity index (χ4n) is 3.00. The van der Waals surface area contributed by atoms with Gasteiger partial charge in [0.05, 0.1) is 12.7 Å². The molecule has 0 bridgehead atoms. The summed E-state index contributed by atoms with van der Waals surface area (Å²) in [6, 6.07) is 5.34. The van der Waals surface area contributed by atoms with E-state index >= 15 is 0 Å². The van der Waals surface area contributed by atoms with Gasteiger partial charge in [-0.1, -0.05) is 0 Å². The van der Waals surface area contributed by atoms with Crippen LogP contribution in [0.2, 0.25) is 0 Å². The van der Waals surface area contributed by atoms with E-state index in [4.69, 9.17) is 9.15 Å². The fraction of sp³-hybridized carbons (Fsp3) is 0.471. The van der Waals surface area contributed by atoms with Crippen LogP contribution in [-0.2, 0) is 0 Å². The summed E-state index contributed by atoms with van der Waals surface area (Å²) < 4.78 is 10.6. The third kappa shape index (κ3) is 3.28. The van der Waals surface area contributed by atoms with E-state index in [0.29, 0.717) is 25.6 Å². The normalized spacial score (nSPS) is 21.4. The maximum atomic E-state index is 12.5. The Labute approximate surface area is 139 Å². The summed E-state index contributed by atoms with van der Waals surface area (Å²) >= 11 is 1.68. The minimum atomic E-state index is -0.550. The van der Waals surface area contributed by atoms with E-state index in [-0.39, 0.29) is 17.6 Å². The van der Waals surface area contributed by atoms with Crippen molar-refractivity contribution in [3.05, 3.63) is 39.8 Å². The zero-order valence-corrected chi connectivity index (χ0v) is 14.1. The molecule has 3 rings (SSSR count). The van der Waals surface area contributed by atoms with Crippen molar-refractivity contribution in [1.29, 1.82) is 0 Å². The number of thiophene rings is 1. The highest BCUT2D eigenvalue weighted by Gasteiger charge is 2.33. The summed E-state index contributed by atoms with van der Waals surface area (Å²) in [5.74, 6) is 0.512. The molecule has 0 spiro atoms. The first-order valence-corrected chi connectivity index (χ1v) is 8.72. The van der Waals surface area contributed by atoms with Crippen molar-refractivity contribution < 1.29 is 19.1 Å². The number of piperidine rings is 1. The van der Waals surface area contributed by atoms with Crippen molar-refractivity contribution in [1.82, 2.24) is 4.90 Å². The number of aliphatic hydroxyl groups is 1. The summed E-state index contributed by atoms with van der Waals surface area (Å²) in [7, 11) is 0. The lowest BCUT2D eigenvalue weighted by molar-refractivity contribution is 0.0360. The number of hydrogen-bond donors (Lipinski definition) is 1. The van der Waals surface area contributed by atoms with Gasteiger partial charge in [0.1, 0.15) is 0 Å². The van der Waals surface area contributed by atoms with Gasteiger partial charge >= 0.3 is 0 Å². The maximum Gasteiger partial charge on any atom is 0.289 e. The summed E-state index contributed by atoms with van der Waals surface area (Å²) in [6.45, 7) is 5.35. The van der Waals surface area contributed by atoms with E-state index in [1.165, 1.54) is 10.4 Å². The number of β-amino-alcohol motifs (C(OH)–C–C–N with tert-alkyl or cyclic N) is 1. The number of carbonyl (C=O) groups excluding carboxylic acids is 1. The second kappa shape index (κ2) is 6.76. The van der Waals surface area contributed by atoms with Gasteiger partial charge in [-0.2, -0.15) is 0 Å². The van der Waals surface area contributed by atoms with Crippen molar-refractivity contribution in [2.24, 2.45) is 0 Å². The topological polar surface area (TPSA) is 62.9 Å². The van der Waals surface area contributed by atoms with Gasteiger partial charge < -0.3 is 19.2 Å². The van der Waals surface area contributed by atoms with Crippen molar-refractivity contribution in [2.75, 3.05) is 19.7 Å². The maximum absolute atomic E-state index is 12.5. The first kappa shape index (κ1) is 16.1. The Morgan fingerprint density at radius 1 is 1.48 bits per heavy atom. The number of amides is 1.